The second-order valence-electron chi connectivity index (χ2n) is 5.84. The number of hydrogen-bond acceptors (Lipinski definition) is 4. The number of rotatable bonds is 6. The molecule has 0 bridgehead atoms. The summed E-state index contributed by atoms with van der Waals surface area (Å²) in [5.41, 5.74) is 6.03. The van der Waals surface area contributed by atoms with E-state index in [0.717, 1.165) is 11.3 Å². The second kappa shape index (κ2) is 9.24. The van der Waals surface area contributed by atoms with E-state index in [1.54, 1.807) is 49.6 Å². The first kappa shape index (κ1) is 19.8. The molecule has 2 amide bonds. The Labute approximate surface area is 161 Å². The third-order valence-corrected chi connectivity index (χ3v) is 4.02. The van der Waals surface area contributed by atoms with Gasteiger partial charge in [0.05, 0.1) is 24.1 Å². The zero-order valence-corrected chi connectivity index (χ0v) is 16.4. The van der Waals surface area contributed by atoms with Crippen LogP contribution in [-0.2, 0) is 11.2 Å². The normalized spacial score (nSPS) is 10.3. The summed E-state index contributed by atoms with van der Waals surface area (Å²) in [6, 6.07) is 12.1. The summed E-state index contributed by atoms with van der Waals surface area (Å²) in [6.45, 7) is 3.84. The molecule has 0 fully saturated rings. The van der Waals surface area contributed by atoms with Crippen molar-refractivity contribution in [3.05, 3.63) is 58.1 Å². The van der Waals surface area contributed by atoms with Gasteiger partial charge in [0.2, 0.25) is 5.91 Å². The van der Waals surface area contributed by atoms with Gasteiger partial charge in [-0.15, -0.1) is 0 Å². The van der Waals surface area contributed by atoms with Crippen LogP contribution in [0.25, 0.3) is 0 Å². The van der Waals surface area contributed by atoms with Gasteiger partial charge in [-0.3, -0.25) is 20.4 Å². The van der Waals surface area contributed by atoms with Gasteiger partial charge in [0.25, 0.3) is 5.91 Å². The van der Waals surface area contributed by atoms with E-state index in [0.29, 0.717) is 15.8 Å². The summed E-state index contributed by atoms with van der Waals surface area (Å²) in [6.07, 6.45) is 0.179. The summed E-state index contributed by atoms with van der Waals surface area (Å²) in [5, 5.41) is 0. The van der Waals surface area contributed by atoms with Crippen LogP contribution in [-0.4, -0.2) is 25.0 Å². The van der Waals surface area contributed by atoms with Crippen molar-refractivity contribution in [1.82, 2.24) is 10.9 Å². The van der Waals surface area contributed by atoms with Gasteiger partial charge in [0.1, 0.15) is 11.5 Å². The maximum atomic E-state index is 12.2. The number of nitrogens with one attached hydrogen (secondary N) is 2. The Morgan fingerprint density at radius 1 is 1.08 bits per heavy atom. The number of ether oxygens (including phenoxy) is 2. The minimum atomic E-state index is -0.412. The number of hydrazine groups is 1. The van der Waals surface area contributed by atoms with Gasteiger partial charge in [-0.1, -0.05) is 12.1 Å². The summed E-state index contributed by atoms with van der Waals surface area (Å²) in [5.74, 6) is 0.644. The molecular weight excluding hydrogens is 400 g/mol. The number of methoxy groups -OCH3 is 1. The van der Waals surface area contributed by atoms with Crippen molar-refractivity contribution in [2.24, 2.45) is 0 Å². The van der Waals surface area contributed by atoms with Crippen LogP contribution in [0.2, 0.25) is 0 Å². The first-order valence-corrected chi connectivity index (χ1v) is 8.86. The summed E-state index contributed by atoms with van der Waals surface area (Å²) < 4.78 is 11.3. The highest BCUT2D eigenvalue weighted by molar-refractivity contribution is 9.10. The Morgan fingerprint density at radius 3 is 2.35 bits per heavy atom. The zero-order valence-electron chi connectivity index (χ0n) is 14.8. The fourth-order valence-electron chi connectivity index (χ4n) is 2.16. The Hall–Kier alpha value is -2.54. The lowest BCUT2D eigenvalue weighted by atomic mass is 10.1. The molecular formula is C19H21BrN2O4. The van der Waals surface area contributed by atoms with Gasteiger partial charge in [0.15, 0.2) is 0 Å². The number of carbonyl (C=O) groups excluding carboxylic acids is 2. The lowest BCUT2D eigenvalue weighted by Gasteiger charge is -2.13. The standard InChI is InChI=1S/C19H21BrN2O4/c1-12(2)26-17-9-6-14(11-16(17)20)19(24)22-21-18(23)10-13-4-7-15(25-3)8-5-13/h4-9,11-12H,10H2,1-3H3,(H,21,23)(H,22,24). The largest absolute Gasteiger partial charge is 0.497 e. The van der Waals surface area contributed by atoms with Crippen molar-refractivity contribution in [1.29, 1.82) is 0 Å². The van der Waals surface area contributed by atoms with Crippen LogP contribution < -0.4 is 20.3 Å². The van der Waals surface area contributed by atoms with E-state index < -0.39 is 5.91 Å². The molecule has 0 aliphatic carbocycles. The molecule has 0 aliphatic heterocycles. The topological polar surface area (TPSA) is 76.7 Å². The molecule has 0 aliphatic rings. The number of hydrogen-bond donors (Lipinski definition) is 2. The van der Waals surface area contributed by atoms with E-state index in [2.05, 4.69) is 26.8 Å². The van der Waals surface area contributed by atoms with Gasteiger partial charge < -0.3 is 9.47 Å². The van der Waals surface area contributed by atoms with Crippen LogP contribution in [0.1, 0.15) is 29.8 Å². The van der Waals surface area contributed by atoms with Crippen molar-refractivity contribution in [2.45, 2.75) is 26.4 Å². The molecule has 2 N–H and O–H groups in total. The second-order valence-corrected chi connectivity index (χ2v) is 6.69. The molecule has 0 saturated carbocycles. The average molecular weight is 421 g/mol. The molecule has 2 rings (SSSR count). The smallest absolute Gasteiger partial charge is 0.269 e. The number of amides is 2. The highest BCUT2D eigenvalue weighted by Crippen LogP contribution is 2.26. The van der Waals surface area contributed by atoms with Crippen LogP contribution >= 0.6 is 15.9 Å². The molecule has 6 nitrogen and oxygen atoms in total. The third kappa shape index (κ3) is 5.77. The van der Waals surface area contributed by atoms with Crippen molar-refractivity contribution in [3.63, 3.8) is 0 Å². The van der Waals surface area contributed by atoms with Crippen LogP contribution in [0.4, 0.5) is 0 Å². The van der Waals surface area contributed by atoms with E-state index in [9.17, 15) is 9.59 Å². The highest BCUT2D eigenvalue weighted by atomic mass is 79.9. The van der Waals surface area contributed by atoms with Crippen molar-refractivity contribution >= 4 is 27.7 Å². The van der Waals surface area contributed by atoms with Crippen LogP contribution in [0, 0.1) is 0 Å². The molecule has 26 heavy (non-hydrogen) atoms. The van der Waals surface area contributed by atoms with E-state index in [1.807, 2.05) is 13.8 Å². The van der Waals surface area contributed by atoms with Gasteiger partial charge in [-0.25, -0.2) is 0 Å². The predicted octanol–water partition coefficient (Wildman–Crippen LogP) is 3.25. The fraction of sp³-hybridized carbons (Fsp3) is 0.263. The van der Waals surface area contributed by atoms with Crippen molar-refractivity contribution < 1.29 is 19.1 Å². The van der Waals surface area contributed by atoms with Crippen molar-refractivity contribution in [3.8, 4) is 11.5 Å². The third-order valence-electron chi connectivity index (χ3n) is 3.40. The Bertz CT molecular complexity index is 776. The highest BCUT2D eigenvalue weighted by Gasteiger charge is 2.11. The van der Waals surface area contributed by atoms with Gasteiger partial charge >= 0.3 is 0 Å². The minimum absolute atomic E-state index is 0.0308. The number of benzene rings is 2. The molecule has 0 heterocycles. The van der Waals surface area contributed by atoms with E-state index in [4.69, 9.17) is 9.47 Å². The van der Waals surface area contributed by atoms with Crippen LogP contribution in [0.5, 0.6) is 11.5 Å². The molecule has 7 heteroatoms. The lowest BCUT2D eigenvalue weighted by molar-refractivity contribution is -0.121. The Morgan fingerprint density at radius 2 is 1.77 bits per heavy atom. The van der Waals surface area contributed by atoms with Gasteiger partial charge in [0, 0.05) is 5.56 Å². The number of carbonyl (C=O) groups is 2. The summed E-state index contributed by atoms with van der Waals surface area (Å²) in [4.78, 5) is 24.1. The molecule has 0 radical (unpaired) electrons. The molecule has 2 aromatic carbocycles. The average Bonchev–Trinajstić information content (AvgIpc) is 2.61. The fourth-order valence-corrected chi connectivity index (χ4v) is 2.64. The molecule has 0 unspecified atom stereocenters. The minimum Gasteiger partial charge on any atom is -0.497 e. The van der Waals surface area contributed by atoms with E-state index >= 15 is 0 Å². The Kier molecular flexibility index (Phi) is 7.03. The summed E-state index contributed by atoms with van der Waals surface area (Å²) >= 11 is 3.38. The molecule has 0 aromatic heterocycles. The molecule has 0 saturated heterocycles. The lowest BCUT2D eigenvalue weighted by Crippen LogP contribution is -2.42. The molecule has 0 spiro atoms. The zero-order chi connectivity index (χ0) is 19.1. The van der Waals surface area contributed by atoms with E-state index in [1.165, 1.54) is 0 Å². The first-order chi connectivity index (χ1) is 12.4. The maximum Gasteiger partial charge on any atom is 0.269 e. The monoisotopic (exact) mass is 420 g/mol. The Balaban J connectivity index is 1.89. The van der Waals surface area contributed by atoms with Crippen molar-refractivity contribution in [2.75, 3.05) is 7.11 Å². The van der Waals surface area contributed by atoms with Crippen LogP contribution in [0.3, 0.4) is 0 Å². The number of halogens is 1. The molecule has 138 valence electrons. The van der Waals surface area contributed by atoms with Gasteiger partial charge in [-0.2, -0.15) is 0 Å². The first-order valence-electron chi connectivity index (χ1n) is 8.07. The molecule has 2 aromatic rings. The predicted molar refractivity (Wildman–Crippen MR) is 102 cm³/mol. The van der Waals surface area contributed by atoms with E-state index in [-0.39, 0.29) is 18.4 Å². The summed E-state index contributed by atoms with van der Waals surface area (Å²) in [7, 11) is 1.58. The molecule has 0 atom stereocenters. The maximum absolute atomic E-state index is 12.2. The SMILES string of the molecule is COc1ccc(CC(=O)NNC(=O)c2ccc(OC(C)C)c(Br)c2)cc1. The quantitative estimate of drug-likeness (QED) is 0.703. The van der Waals surface area contributed by atoms with Gasteiger partial charge in [-0.05, 0) is 65.7 Å². The van der Waals surface area contributed by atoms with Crippen LogP contribution in [0.15, 0.2) is 46.9 Å².